The molecule has 0 aliphatic heterocycles. The van der Waals surface area contributed by atoms with Crippen molar-refractivity contribution in [1.82, 2.24) is 10.3 Å². The number of hydrogen-bond acceptors (Lipinski definition) is 3. The fourth-order valence-electron chi connectivity index (χ4n) is 1.38. The molecule has 1 rings (SSSR count). The normalized spacial score (nSPS) is 13.8. The lowest BCUT2D eigenvalue weighted by atomic mass is 9.88. The molecule has 1 aromatic rings. The molecule has 1 unspecified atom stereocenters. The summed E-state index contributed by atoms with van der Waals surface area (Å²) < 4.78 is 0. The highest BCUT2D eigenvalue weighted by Crippen LogP contribution is 2.25. The third-order valence-corrected chi connectivity index (χ3v) is 3.75. The minimum absolute atomic E-state index is 0.258. The molecule has 4 heteroatoms. The summed E-state index contributed by atoms with van der Waals surface area (Å²) in [4.78, 5) is 4.27. The number of halogens is 1. The second-order valence-corrected chi connectivity index (χ2v) is 6.31. The molecule has 0 radical (unpaired) electrons. The molecule has 0 bridgehead atoms. The number of hydrogen-bond donors (Lipinski definition) is 1. The molecule has 1 atom stereocenters. The van der Waals surface area contributed by atoms with Crippen LogP contribution in [0.3, 0.4) is 0 Å². The van der Waals surface area contributed by atoms with Crippen LogP contribution in [0.15, 0.2) is 23.4 Å². The average Bonchev–Trinajstić information content (AvgIpc) is 2.19. The topological polar surface area (TPSA) is 24.9 Å². The molecule has 0 amide bonds. The van der Waals surface area contributed by atoms with E-state index in [1.54, 1.807) is 18.0 Å². The Hall–Kier alpha value is -0.250. The number of aromatic nitrogens is 1. The zero-order valence-electron chi connectivity index (χ0n) is 10.2. The van der Waals surface area contributed by atoms with Gasteiger partial charge in [0, 0.05) is 18.0 Å². The fourth-order valence-corrected chi connectivity index (χ4v) is 2.79. The quantitative estimate of drug-likeness (QED) is 0.838. The molecule has 0 fully saturated rings. The van der Waals surface area contributed by atoms with E-state index in [1.807, 2.05) is 19.2 Å². The van der Waals surface area contributed by atoms with E-state index in [2.05, 4.69) is 31.1 Å². The maximum Gasteiger partial charge on any atom is 0.0961 e. The van der Waals surface area contributed by atoms with Crippen LogP contribution in [0.5, 0.6) is 0 Å². The number of thioether (sulfide) groups is 1. The van der Waals surface area contributed by atoms with Crippen molar-refractivity contribution >= 4 is 23.4 Å². The van der Waals surface area contributed by atoms with E-state index in [4.69, 9.17) is 11.6 Å². The van der Waals surface area contributed by atoms with Gasteiger partial charge in [-0.25, -0.2) is 4.98 Å². The highest BCUT2D eigenvalue weighted by atomic mass is 35.5. The van der Waals surface area contributed by atoms with Crippen molar-refractivity contribution in [3.63, 3.8) is 0 Å². The molecule has 90 valence electrons. The van der Waals surface area contributed by atoms with Crippen LogP contribution in [0.2, 0.25) is 5.02 Å². The van der Waals surface area contributed by atoms with E-state index >= 15 is 0 Å². The van der Waals surface area contributed by atoms with Crippen LogP contribution in [-0.2, 0) is 0 Å². The third-order valence-electron chi connectivity index (χ3n) is 2.49. The predicted octanol–water partition coefficient (Wildman–Crippen LogP) is 3.46. The lowest BCUT2D eigenvalue weighted by Crippen LogP contribution is -2.40. The van der Waals surface area contributed by atoms with Crippen LogP contribution < -0.4 is 5.32 Å². The molecular formula is C12H19ClN2S. The minimum Gasteiger partial charge on any atom is -0.316 e. The number of rotatable bonds is 4. The lowest BCUT2D eigenvalue weighted by Gasteiger charge is -2.29. The van der Waals surface area contributed by atoms with E-state index in [0.29, 0.717) is 11.1 Å². The maximum atomic E-state index is 5.79. The third kappa shape index (κ3) is 4.32. The molecule has 1 aromatic heterocycles. The summed E-state index contributed by atoms with van der Waals surface area (Å²) in [6.07, 6.45) is 1.69. The first kappa shape index (κ1) is 13.8. The summed E-state index contributed by atoms with van der Waals surface area (Å²) in [6.45, 7) is 6.72. The smallest absolute Gasteiger partial charge is 0.0961 e. The molecular weight excluding hydrogens is 240 g/mol. The lowest BCUT2D eigenvalue weighted by molar-refractivity contribution is 0.305. The standard InChI is InChI=1S/C12H19ClN2S/c1-12(2,3)10(14-4)8-16-11-6-5-9(13)7-15-11/h5-7,10,14H,8H2,1-4H3. The van der Waals surface area contributed by atoms with E-state index in [1.165, 1.54) is 0 Å². The second-order valence-electron chi connectivity index (χ2n) is 4.83. The van der Waals surface area contributed by atoms with E-state index in [9.17, 15) is 0 Å². The molecule has 0 aromatic carbocycles. The van der Waals surface area contributed by atoms with E-state index in [0.717, 1.165) is 10.8 Å². The van der Waals surface area contributed by atoms with Crippen molar-refractivity contribution in [2.24, 2.45) is 5.41 Å². The Bertz CT molecular complexity index is 319. The van der Waals surface area contributed by atoms with Crippen LogP contribution in [0.4, 0.5) is 0 Å². The number of nitrogens with zero attached hydrogens (tertiary/aromatic N) is 1. The van der Waals surface area contributed by atoms with Gasteiger partial charge in [-0.2, -0.15) is 0 Å². The van der Waals surface area contributed by atoms with Crippen molar-refractivity contribution in [2.45, 2.75) is 31.8 Å². The largest absolute Gasteiger partial charge is 0.316 e. The van der Waals surface area contributed by atoms with Crippen molar-refractivity contribution in [1.29, 1.82) is 0 Å². The van der Waals surface area contributed by atoms with Crippen LogP contribution in [-0.4, -0.2) is 23.8 Å². The van der Waals surface area contributed by atoms with Gasteiger partial charge < -0.3 is 5.32 Å². The van der Waals surface area contributed by atoms with Gasteiger partial charge >= 0.3 is 0 Å². The van der Waals surface area contributed by atoms with Gasteiger partial charge in [0.05, 0.1) is 10.0 Å². The maximum absolute atomic E-state index is 5.79. The molecule has 1 N–H and O–H groups in total. The van der Waals surface area contributed by atoms with Crippen LogP contribution >= 0.6 is 23.4 Å². The highest BCUT2D eigenvalue weighted by Gasteiger charge is 2.22. The summed E-state index contributed by atoms with van der Waals surface area (Å²) in [7, 11) is 2.01. The fraction of sp³-hybridized carbons (Fsp3) is 0.583. The SMILES string of the molecule is CNC(CSc1ccc(Cl)cn1)C(C)(C)C. The summed E-state index contributed by atoms with van der Waals surface area (Å²) in [5.41, 5.74) is 0.258. The Morgan fingerprint density at radius 2 is 2.12 bits per heavy atom. The molecule has 0 aliphatic rings. The zero-order valence-corrected chi connectivity index (χ0v) is 11.8. The van der Waals surface area contributed by atoms with Crippen molar-refractivity contribution < 1.29 is 0 Å². The number of nitrogens with one attached hydrogen (secondary N) is 1. The second kappa shape index (κ2) is 5.89. The van der Waals surface area contributed by atoms with Gasteiger partial charge in [-0.3, -0.25) is 0 Å². The number of pyridine rings is 1. The molecule has 16 heavy (non-hydrogen) atoms. The van der Waals surface area contributed by atoms with Crippen molar-refractivity contribution in [3.8, 4) is 0 Å². The van der Waals surface area contributed by atoms with Crippen LogP contribution in [0.25, 0.3) is 0 Å². The molecule has 0 aliphatic carbocycles. The van der Waals surface area contributed by atoms with Crippen molar-refractivity contribution in [3.05, 3.63) is 23.4 Å². The Kier molecular flexibility index (Phi) is 5.09. The minimum atomic E-state index is 0.258. The Morgan fingerprint density at radius 1 is 1.44 bits per heavy atom. The van der Waals surface area contributed by atoms with E-state index in [-0.39, 0.29) is 5.41 Å². The molecule has 0 saturated carbocycles. The first-order valence-corrected chi connectivity index (χ1v) is 6.71. The first-order valence-electron chi connectivity index (χ1n) is 5.35. The van der Waals surface area contributed by atoms with Crippen LogP contribution in [0, 0.1) is 5.41 Å². The van der Waals surface area contributed by atoms with Gasteiger partial charge in [0.15, 0.2) is 0 Å². The van der Waals surface area contributed by atoms with Gasteiger partial charge in [-0.05, 0) is 24.6 Å². The summed E-state index contributed by atoms with van der Waals surface area (Å²) >= 11 is 7.55. The van der Waals surface area contributed by atoms with Gasteiger partial charge in [-0.1, -0.05) is 32.4 Å². The molecule has 0 spiro atoms. The monoisotopic (exact) mass is 258 g/mol. The summed E-state index contributed by atoms with van der Waals surface area (Å²) in [6, 6.07) is 4.31. The van der Waals surface area contributed by atoms with Gasteiger partial charge in [0.25, 0.3) is 0 Å². The molecule has 0 saturated heterocycles. The first-order chi connectivity index (χ1) is 7.43. The van der Waals surface area contributed by atoms with Gasteiger partial charge in [-0.15, -0.1) is 11.8 Å². The summed E-state index contributed by atoms with van der Waals surface area (Å²) in [5, 5.41) is 5.06. The van der Waals surface area contributed by atoms with Gasteiger partial charge in [0.1, 0.15) is 0 Å². The van der Waals surface area contributed by atoms with Crippen LogP contribution in [0.1, 0.15) is 20.8 Å². The Morgan fingerprint density at radius 3 is 2.56 bits per heavy atom. The van der Waals surface area contributed by atoms with Gasteiger partial charge in [0.2, 0.25) is 0 Å². The predicted molar refractivity (Wildman–Crippen MR) is 72.3 cm³/mol. The average molecular weight is 259 g/mol. The highest BCUT2D eigenvalue weighted by molar-refractivity contribution is 7.99. The van der Waals surface area contributed by atoms with E-state index < -0.39 is 0 Å². The Labute approximate surface area is 107 Å². The van der Waals surface area contributed by atoms with Crippen molar-refractivity contribution in [2.75, 3.05) is 12.8 Å². The molecule has 2 nitrogen and oxygen atoms in total. The molecule has 1 heterocycles. The summed E-state index contributed by atoms with van der Waals surface area (Å²) in [5.74, 6) is 1.01. The Balaban J connectivity index is 2.53. The zero-order chi connectivity index (χ0) is 12.2.